The predicted octanol–water partition coefficient (Wildman–Crippen LogP) is 4.15. The molecule has 0 aromatic heterocycles. The van der Waals surface area contributed by atoms with Crippen LogP contribution < -0.4 is 4.90 Å². The van der Waals surface area contributed by atoms with Gasteiger partial charge in [0.25, 0.3) is 5.91 Å². The number of rotatable bonds is 12. The highest BCUT2D eigenvalue weighted by atomic mass is 35.5. The van der Waals surface area contributed by atoms with Gasteiger partial charge in [0.1, 0.15) is 17.6 Å². The number of allylic oxidation sites excluding steroid dienone is 1. The Bertz CT molecular complexity index is 1140. The van der Waals surface area contributed by atoms with Gasteiger partial charge < -0.3 is 24.4 Å². The Morgan fingerprint density at radius 3 is 2.67 bits per heavy atom. The second-order valence-electron chi connectivity index (χ2n) is 11.1. The molecule has 0 saturated carbocycles. The number of carbonyl (C=O) groups is 3. The molecule has 2 bridgehead atoms. The number of para-hydroxylation sites is 1. The number of carbonyl (C=O) groups excluding carboxylic acids is 3. The Labute approximate surface area is 235 Å². The lowest BCUT2D eigenvalue weighted by molar-refractivity contribution is -0.162. The number of amides is 2. The quantitative estimate of drug-likeness (QED) is 0.235. The number of hydrogen-bond donors (Lipinski definition) is 1. The Kier molecular flexibility index (Phi) is 8.59. The molecular formula is C30H39ClN2O6. The summed E-state index contributed by atoms with van der Waals surface area (Å²) in [6.07, 6.45) is 6.19. The van der Waals surface area contributed by atoms with Crippen LogP contribution in [0.15, 0.2) is 49.6 Å². The summed E-state index contributed by atoms with van der Waals surface area (Å²) in [5.41, 5.74) is -1.74. The van der Waals surface area contributed by atoms with Gasteiger partial charge in [0, 0.05) is 6.54 Å². The monoisotopic (exact) mass is 558 g/mol. The first kappa shape index (κ1) is 29.3. The van der Waals surface area contributed by atoms with E-state index in [4.69, 9.17) is 21.1 Å². The zero-order valence-electron chi connectivity index (χ0n) is 23.0. The number of nitrogens with zero attached hydrogens (tertiary/aromatic N) is 2. The number of aliphatic hydroxyl groups excluding tert-OH is 1. The lowest BCUT2D eigenvalue weighted by atomic mass is 9.62. The molecule has 3 fully saturated rings. The summed E-state index contributed by atoms with van der Waals surface area (Å²) in [6.45, 7) is 13.1. The van der Waals surface area contributed by atoms with E-state index in [0.29, 0.717) is 23.6 Å². The van der Waals surface area contributed by atoms with Crippen molar-refractivity contribution in [3.63, 3.8) is 0 Å². The number of halogens is 1. The number of benzene rings is 1. The third-order valence-electron chi connectivity index (χ3n) is 8.75. The maximum Gasteiger partial charge on any atom is 0.312 e. The molecule has 8 nitrogen and oxygen atoms in total. The van der Waals surface area contributed by atoms with Crippen molar-refractivity contribution in [3.8, 4) is 0 Å². The molecule has 1 aromatic rings. The molecule has 39 heavy (non-hydrogen) atoms. The number of anilines is 1. The molecule has 7 atom stereocenters. The number of hydrogen-bond acceptors (Lipinski definition) is 6. The van der Waals surface area contributed by atoms with Crippen LogP contribution in [-0.2, 0) is 23.9 Å². The average molecular weight is 559 g/mol. The maximum atomic E-state index is 14.5. The fourth-order valence-corrected chi connectivity index (χ4v) is 7.02. The van der Waals surface area contributed by atoms with E-state index in [1.807, 2.05) is 19.9 Å². The summed E-state index contributed by atoms with van der Waals surface area (Å²) in [5.74, 6) is -3.15. The van der Waals surface area contributed by atoms with Crippen LogP contribution in [0.25, 0.3) is 0 Å². The molecule has 0 radical (unpaired) electrons. The number of likely N-dealkylation sites (tertiary alicyclic amines) is 1. The third-order valence-corrected chi connectivity index (χ3v) is 9.07. The average Bonchev–Trinajstić information content (AvgIpc) is 3.43. The van der Waals surface area contributed by atoms with Gasteiger partial charge in [0.2, 0.25) is 5.91 Å². The Hall–Kier alpha value is -2.68. The van der Waals surface area contributed by atoms with Gasteiger partial charge >= 0.3 is 5.97 Å². The zero-order chi connectivity index (χ0) is 28.5. The predicted molar refractivity (Wildman–Crippen MR) is 149 cm³/mol. The van der Waals surface area contributed by atoms with Crippen LogP contribution in [0, 0.1) is 17.8 Å². The highest BCUT2D eigenvalue weighted by Crippen LogP contribution is 2.65. The van der Waals surface area contributed by atoms with E-state index in [2.05, 4.69) is 13.2 Å². The number of ether oxygens (including phenoxy) is 2. The normalized spacial score (nSPS) is 31.6. The van der Waals surface area contributed by atoms with Crippen molar-refractivity contribution >= 4 is 35.1 Å². The van der Waals surface area contributed by atoms with E-state index < -0.39 is 47.0 Å². The molecule has 212 valence electrons. The lowest BCUT2D eigenvalue weighted by Crippen LogP contribution is -2.58. The summed E-state index contributed by atoms with van der Waals surface area (Å²) >= 11 is 6.49. The smallest absolute Gasteiger partial charge is 0.312 e. The molecule has 4 rings (SSSR count). The highest BCUT2D eigenvalue weighted by molar-refractivity contribution is 6.34. The van der Waals surface area contributed by atoms with Crippen molar-refractivity contribution in [1.29, 1.82) is 0 Å². The lowest BCUT2D eigenvalue weighted by Gasteiger charge is -2.38. The van der Waals surface area contributed by atoms with Gasteiger partial charge in [0.05, 0.1) is 41.5 Å². The van der Waals surface area contributed by atoms with Gasteiger partial charge in [-0.05, 0) is 57.6 Å². The molecule has 1 N–H and O–H groups in total. The second kappa shape index (κ2) is 11.4. The minimum atomic E-state index is -1.25. The van der Waals surface area contributed by atoms with Crippen LogP contribution in [0.4, 0.5) is 5.69 Å². The zero-order valence-corrected chi connectivity index (χ0v) is 23.7. The number of fused-ring (bicyclic) bond motifs is 1. The Morgan fingerprint density at radius 1 is 1.31 bits per heavy atom. The summed E-state index contributed by atoms with van der Waals surface area (Å²) in [5, 5.41) is 10.5. The molecule has 1 aromatic carbocycles. The molecule has 0 aliphatic carbocycles. The first-order valence-corrected chi connectivity index (χ1v) is 14.0. The van der Waals surface area contributed by atoms with Crippen LogP contribution in [0.5, 0.6) is 0 Å². The standard InChI is InChI=1S/C30H39ClN2O6/c1-6-8-9-12-16-38-28(37)24-23-26(35)33(20(4)18-34)25(30(23)17-19(3)29(24,5)39-30)27(36)32(15-7-2)22-14-11-10-13-21(22)31/h6-7,10-11,13-14,19-20,23-25,34H,1-2,8-9,12,15-18H2,3-5H3/t19?,20-,23+,24+,25?,29-,30?/m1/s1. The molecule has 2 amide bonds. The van der Waals surface area contributed by atoms with Crippen molar-refractivity contribution in [1.82, 2.24) is 4.90 Å². The van der Waals surface area contributed by atoms with Crippen LogP contribution >= 0.6 is 11.6 Å². The highest BCUT2D eigenvalue weighted by Gasteiger charge is 2.80. The molecule has 3 aliphatic heterocycles. The molecule has 3 unspecified atom stereocenters. The van der Waals surface area contributed by atoms with Gasteiger partial charge in [0.15, 0.2) is 0 Å². The van der Waals surface area contributed by atoms with Crippen molar-refractivity contribution in [2.75, 3.05) is 24.7 Å². The minimum Gasteiger partial charge on any atom is -0.465 e. The minimum absolute atomic E-state index is 0.118. The van der Waals surface area contributed by atoms with Gasteiger partial charge in [-0.15, -0.1) is 13.2 Å². The second-order valence-corrected chi connectivity index (χ2v) is 11.5. The van der Waals surface area contributed by atoms with Gasteiger partial charge in [-0.3, -0.25) is 14.4 Å². The first-order valence-electron chi connectivity index (χ1n) is 13.7. The van der Waals surface area contributed by atoms with E-state index in [9.17, 15) is 19.5 Å². The molecule has 9 heteroatoms. The largest absolute Gasteiger partial charge is 0.465 e. The number of esters is 1. The van der Waals surface area contributed by atoms with Crippen LogP contribution in [-0.4, -0.2) is 70.8 Å². The number of unbranched alkanes of at least 4 members (excludes halogenated alkanes) is 2. The van der Waals surface area contributed by atoms with E-state index in [-0.39, 0.29) is 31.6 Å². The van der Waals surface area contributed by atoms with E-state index >= 15 is 0 Å². The summed E-state index contributed by atoms with van der Waals surface area (Å²) in [7, 11) is 0. The van der Waals surface area contributed by atoms with Crippen molar-refractivity contribution in [2.45, 2.75) is 69.7 Å². The Balaban J connectivity index is 1.76. The van der Waals surface area contributed by atoms with Crippen molar-refractivity contribution < 1.29 is 29.0 Å². The summed E-state index contributed by atoms with van der Waals surface area (Å²) in [4.78, 5) is 45.1. The first-order chi connectivity index (χ1) is 18.6. The maximum absolute atomic E-state index is 14.5. The van der Waals surface area contributed by atoms with Gasteiger partial charge in [-0.25, -0.2) is 0 Å². The van der Waals surface area contributed by atoms with Gasteiger partial charge in [-0.2, -0.15) is 0 Å². The van der Waals surface area contributed by atoms with E-state index in [1.54, 1.807) is 37.3 Å². The van der Waals surface area contributed by atoms with Crippen LogP contribution in [0.2, 0.25) is 5.02 Å². The van der Waals surface area contributed by atoms with Crippen molar-refractivity contribution in [2.24, 2.45) is 17.8 Å². The van der Waals surface area contributed by atoms with Gasteiger partial charge in [-0.1, -0.05) is 42.8 Å². The van der Waals surface area contributed by atoms with E-state index in [1.165, 1.54) is 9.80 Å². The summed E-state index contributed by atoms with van der Waals surface area (Å²) < 4.78 is 12.4. The third kappa shape index (κ3) is 4.70. The number of aliphatic hydroxyl groups is 1. The molecule has 3 aliphatic rings. The van der Waals surface area contributed by atoms with E-state index in [0.717, 1.165) is 12.8 Å². The topological polar surface area (TPSA) is 96.4 Å². The molecule has 3 heterocycles. The molecule has 1 spiro atoms. The molecular weight excluding hydrogens is 520 g/mol. The summed E-state index contributed by atoms with van der Waals surface area (Å²) in [6, 6.07) is 5.23. The van der Waals surface area contributed by atoms with Crippen LogP contribution in [0.1, 0.15) is 46.5 Å². The fourth-order valence-electron chi connectivity index (χ4n) is 6.78. The van der Waals surface area contributed by atoms with Crippen molar-refractivity contribution in [3.05, 3.63) is 54.6 Å². The molecule has 3 saturated heterocycles. The fraction of sp³-hybridized carbons (Fsp3) is 0.567. The van der Waals surface area contributed by atoms with Crippen LogP contribution in [0.3, 0.4) is 0 Å². The Morgan fingerprint density at radius 2 is 2.03 bits per heavy atom. The SMILES string of the molecule is C=CCCCCOC(=O)[C@@H]1[C@H]2C(=O)N([C@H](C)CO)C(C(=O)N(CC=C)c3ccccc3Cl)C23CC(C)[C@@]1(C)O3.